The maximum atomic E-state index is 12.6. The zero-order valence-corrected chi connectivity index (χ0v) is 14.3. The fourth-order valence-electron chi connectivity index (χ4n) is 3.09. The third-order valence-corrected chi connectivity index (χ3v) is 5.51. The Kier molecular flexibility index (Phi) is 3.91. The highest BCUT2D eigenvalue weighted by Crippen LogP contribution is 2.32. The van der Waals surface area contributed by atoms with Crippen LogP contribution in [0.3, 0.4) is 0 Å². The van der Waals surface area contributed by atoms with E-state index in [1.165, 1.54) is 10.4 Å². The molecule has 0 saturated heterocycles. The van der Waals surface area contributed by atoms with E-state index in [-0.39, 0.29) is 11.9 Å². The van der Waals surface area contributed by atoms with Gasteiger partial charge in [0.15, 0.2) is 0 Å². The average molecular weight is 315 g/mol. The van der Waals surface area contributed by atoms with Gasteiger partial charge < -0.3 is 4.90 Å². The summed E-state index contributed by atoms with van der Waals surface area (Å²) in [5, 5.41) is 6.50. The number of nitrogens with zero attached hydrogens (tertiary/aromatic N) is 3. The van der Waals surface area contributed by atoms with Gasteiger partial charge in [0.2, 0.25) is 5.91 Å². The first-order chi connectivity index (χ1) is 10.5. The molecule has 0 fully saturated rings. The van der Waals surface area contributed by atoms with Crippen molar-refractivity contribution in [3.05, 3.63) is 44.9 Å². The SMILES string of the molecule is Cc1nn(C)c(C)c1/C=C/C(=O)N1CCc2sccc2[C@H]1C. The number of fused-ring (bicyclic) bond motifs is 1. The molecule has 4 nitrogen and oxygen atoms in total. The highest BCUT2D eigenvalue weighted by atomic mass is 32.1. The van der Waals surface area contributed by atoms with Gasteiger partial charge in [-0.05, 0) is 50.3 Å². The van der Waals surface area contributed by atoms with Gasteiger partial charge in [-0.3, -0.25) is 9.48 Å². The molecule has 3 rings (SSSR count). The Bertz CT molecular complexity index is 741. The molecule has 22 heavy (non-hydrogen) atoms. The number of thiophene rings is 1. The van der Waals surface area contributed by atoms with Crippen LogP contribution in [-0.2, 0) is 18.3 Å². The number of amides is 1. The molecule has 0 N–H and O–H groups in total. The molecule has 0 unspecified atom stereocenters. The molecule has 0 saturated carbocycles. The van der Waals surface area contributed by atoms with Crippen LogP contribution in [0.2, 0.25) is 0 Å². The summed E-state index contributed by atoms with van der Waals surface area (Å²) in [5.41, 5.74) is 4.37. The minimum atomic E-state index is 0.0759. The number of hydrogen-bond acceptors (Lipinski definition) is 3. The summed E-state index contributed by atoms with van der Waals surface area (Å²) in [6, 6.07) is 2.30. The molecule has 1 aliphatic heterocycles. The van der Waals surface area contributed by atoms with E-state index in [4.69, 9.17) is 0 Å². The van der Waals surface area contributed by atoms with Gasteiger partial charge in [0.05, 0.1) is 11.7 Å². The van der Waals surface area contributed by atoms with E-state index in [0.29, 0.717) is 0 Å². The molecule has 2 aromatic heterocycles. The quantitative estimate of drug-likeness (QED) is 0.798. The lowest BCUT2D eigenvalue weighted by Crippen LogP contribution is -2.37. The van der Waals surface area contributed by atoms with Crippen LogP contribution in [0.1, 0.15) is 40.4 Å². The van der Waals surface area contributed by atoms with Crippen molar-refractivity contribution in [1.29, 1.82) is 0 Å². The lowest BCUT2D eigenvalue weighted by Gasteiger charge is -2.32. The van der Waals surface area contributed by atoms with E-state index in [1.807, 2.05) is 36.6 Å². The summed E-state index contributed by atoms with van der Waals surface area (Å²) in [4.78, 5) is 15.9. The van der Waals surface area contributed by atoms with Crippen molar-refractivity contribution in [3.63, 3.8) is 0 Å². The molecule has 3 heterocycles. The second-order valence-corrected chi connectivity index (χ2v) is 6.80. The molecule has 2 aromatic rings. The van der Waals surface area contributed by atoms with Gasteiger partial charge in [0.1, 0.15) is 0 Å². The smallest absolute Gasteiger partial charge is 0.247 e. The van der Waals surface area contributed by atoms with Crippen LogP contribution in [0.25, 0.3) is 6.08 Å². The number of rotatable bonds is 2. The molecule has 0 radical (unpaired) electrons. The summed E-state index contributed by atoms with van der Waals surface area (Å²) in [6.07, 6.45) is 4.54. The third-order valence-electron chi connectivity index (χ3n) is 4.52. The van der Waals surface area contributed by atoms with Crippen LogP contribution in [-0.4, -0.2) is 27.1 Å². The monoisotopic (exact) mass is 315 g/mol. The lowest BCUT2D eigenvalue weighted by atomic mass is 10.0. The largest absolute Gasteiger partial charge is 0.332 e. The first kappa shape index (κ1) is 15.0. The van der Waals surface area contributed by atoms with E-state index in [1.54, 1.807) is 17.4 Å². The zero-order valence-electron chi connectivity index (χ0n) is 13.5. The van der Waals surface area contributed by atoms with Crippen molar-refractivity contribution in [2.24, 2.45) is 7.05 Å². The molecule has 0 bridgehead atoms. The normalized spacial score (nSPS) is 18.0. The average Bonchev–Trinajstić information content (AvgIpc) is 3.04. The van der Waals surface area contributed by atoms with Crippen LogP contribution < -0.4 is 0 Å². The van der Waals surface area contributed by atoms with Crippen LogP contribution in [0.4, 0.5) is 0 Å². The first-order valence-corrected chi connectivity index (χ1v) is 8.42. The van der Waals surface area contributed by atoms with Crippen molar-refractivity contribution < 1.29 is 4.79 Å². The van der Waals surface area contributed by atoms with Crippen LogP contribution in [0.5, 0.6) is 0 Å². The van der Waals surface area contributed by atoms with Gasteiger partial charge in [-0.1, -0.05) is 0 Å². The second-order valence-electron chi connectivity index (χ2n) is 5.80. The van der Waals surface area contributed by atoms with Gasteiger partial charge in [0, 0.05) is 35.8 Å². The van der Waals surface area contributed by atoms with E-state index in [2.05, 4.69) is 23.5 Å². The maximum absolute atomic E-state index is 12.6. The summed E-state index contributed by atoms with van der Waals surface area (Å²) in [5.74, 6) is 0.0759. The second kappa shape index (κ2) is 5.72. The standard InChI is InChI=1S/C17H21N3OS/c1-11-14(12(2)19(4)18-11)5-6-17(21)20-9-7-16-15(13(20)3)8-10-22-16/h5-6,8,10,13H,7,9H2,1-4H3/b6-5+/t13-/m1/s1. The third kappa shape index (κ3) is 2.50. The highest BCUT2D eigenvalue weighted by molar-refractivity contribution is 7.10. The minimum Gasteiger partial charge on any atom is -0.332 e. The van der Waals surface area contributed by atoms with Crippen molar-refractivity contribution in [1.82, 2.24) is 14.7 Å². The molecule has 0 aromatic carbocycles. The van der Waals surface area contributed by atoms with Crippen LogP contribution >= 0.6 is 11.3 Å². The Morgan fingerprint density at radius 1 is 1.45 bits per heavy atom. The Hall–Kier alpha value is -1.88. The molecular weight excluding hydrogens is 294 g/mol. The highest BCUT2D eigenvalue weighted by Gasteiger charge is 2.27. The van der Waals surface area contributed by atoms with Gasteiger partial charge in [0.25, 0.3) is 0 Å². The molecule has 5 heteroatoms. The fraction of sp³-hybridized carbons (Fsp3) is 0.412. The van der Waals surface area contributed by atoms with Crippen molar-refractivity contribution >= 4 is 23.3 Å². The minimum absolute atomic E-state index is 0.0759. The number of carbonyl (C=O) groups is 1. The molecular formula is C17H21N3OS. The Morgan fingerprint density at radius 3 is 2.91 bits per heavy atom. The number of aromatic nitrogens is 2. The van der Waals surface area contributed by atoms with E-state index in [9.17, 15) is 4.79 Å². The number of aryl methyl sites for hydroxylation is 2. The number of hydrogen-bond donors (Lipinski definition) is 0. The van der Waals surface area contributed by atoms with E-state index in [0.717, 1.165) is 29.9 Å². The summed E-state index contributed by atoms with van der Waals surface area (Å²) >= 11 is 1.79. The zero-order chi connectivity index (χ0) is 15.9. The van der Waals surface area contributed by atoms with Crippen LogP contribution in [0, 0.1) is 13.8 Å². The Morgan fingerprint density at radius 2 is 2.23 bits per heavy atom. The Labute approximate surface area is 135 Å². The van der Waals surface area contributed by atoms with Crippen LogP contribution in [0.15, 0.2) is 17.5 Å². The Balaban J connectivity index is 1.79. The molecule has 1 atom stereocenters. The summed E-state index contributed by atoms with van der Waals surface area (Å²) in [7, 11) is 1.92. The van der Waals surface area contributed by atoms with E-state index >= 15 is 0 Å². The van der Waals surface area contributed by atoms with Gasteiger partial charge in [-0.25, -0.2) is 0 Å². The predicted molar refractivity (Wildman–Crippen MR) is 89.9 cm³/mol. The summed E-state index contributed by atoms with van der Waals surface area (Å²) < 4.78 is 1.85. The van der Waals surface area contributed by atoms with Gasteiger partial charge in [-0.15, -0.1) is 11.3 Å². The summed E-state index contributed by atoms with van der Waals surface area (Å²) in [6.45, 7) is 6.89. The topological polar surface area (TPSA) is 38.1 Å². The van der Waals surface area contributed by atoms with Crippen molar-refractivity contribution in [2.45, 2.75) is 33.2 Å². The molecule has 1 amide bonds. The van der Waals surface area contributed by atoms with Crippen molar-refractivity contribution in [3.8, 4) is 0 Å². The first-order valence-electron chi connectivity index (χ1n) is 7.54. The van der Waals surface area contributed by atoms with E-state index < -0.39 is 0 Å². The molecule has 0 spiro atoms. The molecule has 1 aliphatic rings. The van der Waals surface area contributed by atoms with Gasteiger partial charge in [-0.2, -0.15) is 5.10 Å². The fourth-order valence-corrected chi connectivity index (χ4v) is 4.05. The molecule has 116 valence electrons. The van der Waals surface area contributed by atoms with Crippen molar-refractivity contribution in [2.75, 3.05) is 6.54 Å². The predicted octanol–water partition coefficient (Wildman–Crippen LogP) is 3.26. The number of carbonyl (C=O) groups excluding carboxylic acids is 1. The lowest BCUT2D eigenvalue weighted by molar-refractivity contribution is -0.128. The maximum Gasteiger partial charge on any atom is 0.247 e. The molecule has 0 aliphatic carbocycles. The van der Waals surface area contributed by atoms with Gasteiger partial charge >= 0.3 is 0 Å².